The van der Waals surface area contributed by atoms with Crippen LogP contribution in [-0.2, 0) is 0 Å². The Hall–Kier alpha value is -1.56. The van der Waals surface area contributed by atoms with E-state index in [0.29, 0.717) is 9.50 Å². The zero-order valence-corrected chi connectivity index (χ0v) is 13.5. The van der Waals surface area contributed by atoms with Gasteiger partial charge in [-0.2, -0.15) is 0 Å². The topological polar surface area (TPSA) is 66.4 Å². The second kappa shape index (κ2) is 6.47. The summed E-state index contributed by atoms with van der Waals surface area (Å²) in [5, 5.41) is 12.2. The Morgan fingerprint density at radius 2 is 1.71 bits per heavy atom. The van der Waals surface area contributed by atoms with Crippen LogP contribution in [0.25, 0.3) is 0 Å². The summed E-state index contributed by atoms with van der Waals surface area (Å²) in [4.78, 5) is 23.3. The molecule has 2 aromatic rings. The molecular weight excluding hydrogens is 381 g/mol. The van der Waals surface area contributed by atoms with E-state index in [2.05, 4.69) is 21.2 Å². The number of carbonyl (C=O) groups excluding carboxylic acids is 1. The third kappa shape index (κ3) is 3.75. The first kappa shape index (κ1) is 15.8. The van der Waals surface area contributed by atoms with Gasteiger partial charge in [0, 0.05) is 9.50 Å². The van der Waals surface area contributed by atoms with Crippen molar-refractivity contribution >= 4 is 56.7 Å². The number of hydrogen-bond acceptors (Lipinski definition) is 2. The van der Waals surface area contributed by atoms with Crippen molar-refractivity contribution in [2.75, 3.05) is 5.32 Å². The lowest BCUT2D eigenvalue weighted by Crippen LogP contribution is -2.15. The van der Waals surface area contributed by atoms with Crippen LogP contribution < -0.4 is 5.32 Å². The molecular formula is C14H8BrCl2NO3. The second-order valence-corrected chi connectivity index (χ2v) is 5.83. The van der Waals surface area contributed by atoms with Crippen LogP contribution >= 0.6 is 39.1 Å². The van der Waals surface area contributed by atoms with Gasteiger partial charge in [-0.25, -0.2) is 4.79 Å². The first-order valence-corrected chi connectivity index (χ1v) is 7.22. The van der Waals surface area contributed by atoms with Gasteiger partial charge in [0.05, 0.1) is 21.8 Å². The highest BCUT2D eigenvalue weighted by Gasteiger charge is 2.16. The number of carboxylic acids is 1. The summed E-state index contributed by atoms with van der Waals surface area (Å²) < 4.78 is 0.644. The smallest absolute Gasteiger partial charge is 0.337 e. The van der Waals surface area contributed by atoms with Crippen LogP contribution in [-0.4, -0.2) is 17.0 Å². The van der Waals surface area contributed by atoms with Crippen molar-refractivity contribution in [2.45, 2.75) is 0 Å². The van der Waals surface area contributed by atoms with Crippen molar-refractivity contribution in [3.05, 3.63) is 62.0 Å². The van der Waals surface area contributed by atoms with Crippen molar-refractivity contribution in [3.8, 4) is 0 Å². The van der Waals surface area contributed by atoms with Gasteiger partial charge in [-0.1, -0.05) is 39.1 Å². The van der Waals surface area contributed by atoms with Crippen LogP contribution in [0.3, 0.4) is 0 Å². The quantitative estimate of drug-likeness (QED) is 0.800. The largest absolute Gasteiger partial charge is 0.478 e. The maximum absolute atomic E-state index is 12.2. The Morgan fingerprint density at radius 3 is 2.33 bits per heavy atom. The van der Waals surface area contributed by atoms with Gasteiger partial charge in [0.15, 0.2) is 0 Å². The van der Waals surface area contributed by atoms with E-state index >= 15 is 0 Å². The van der Waals surface area contributed by atoms with E-state index in [1.54, 1.807) is 6.07 Å². The SMILES string of the molecule is O=C(Nc1cc(Br)ccc1C(=O)O)c1ccc(Cl)cc1Cl. The van der Waals surface area contributed by atoms with Gasteiger partial charge in [-0.05, 0) is 36.4 Å². The van der Waals surface area contributed by atoms with E-state index in [1.165, 1.54) is 30.3 Å². The molecule has 0 atom stereocenters. The Kier molecular flexibility index (Phi) is 4.88. The molecule has 4 nitrogen and oxygen atoms in total. The number of nitrogens with one attached hydrogen (secondary N) is 1. The Labute approximate surface area is 138 Å². The number of carboxylic acid groups (broad SMARTS) is 1. The predicted octanol–water partition coefficient (Wildman–Crippen LogP) is 4.71. The maximum Gasteiger partial charge on any atom is 0.337 e. The predicted molar refractivity (Wildman–Crippen MR) is 85.5 cm³/mol. The highest BCUT2D eigenvalue weighted by atomic mass is 79.9. The summed E-state index contributed by atoms with van der Waals surface area (Å²) in [5.41, 5.74) is 0.363. The molecule has 0 heterocycles. The van der Waals surface area contributed by atoms with E-state index < -0.39 is 11.9 Å². The molecule has 2 rings (SSSR count). The van der Waals surface area contributed by atoms with Crippen molar-refractivity contribution in [1.29, 1.82) is 0 Å². The van der Waals surface area contributed by atoms with Crippen molar-refractivity contribution in [2.24, 2.45) is 0 Å². The maximum atomic E-state index is 12.2. The normalized spacial score (nSPS) is 10.2. The lowest BCUT2D eigenvalue weighted by atomic mass is 10.1. The number of halogens is 3. The molecule has 0 saturated heterocycles. The molecule has 0 aliphatic heterocycles. The highest BCUT2D eigenvalue weighted by Crippen LogP contribution is 2.25. The molecule has 0 aromatic heterocycles. The number of hydrogen-bond donors (Lipinski definition) is 2. The Bertz CT molecular complexity index is 734. The first-order chi connectivity index (χ1) is 9.88. The number of carbonyl (C=O) groups is 2. The molecule has 0 unspecified atom stereocenters. The molecule has 0 spiro atoms. The zero-order valence-electron chi connectivity index (χ0n) is 10.4. The monoisotopic (exact) mass is 387 g/mol. The molecule has 108 valence electrons. The molecule has 0 bridgehead atoms. The summed E-state index contributed by atoms with van der Waals surface area (Å²) in [6.45, 7) is 0. The third-order valence-corrected chi connectivity index (χ3v) is 3.68. The molecule has 0 radical (unpaired) electrons. The van der Waals surface area contributed by atoms with E-state index in [9.17, 15) is 9.59 Å². The Balaban J connectivity index is 2.35. The van der Waals surface area contributed by atoms with Crippen LogP contribution in [0.15, 0.2) is 40.9 Å². The third-order valence-electron chi connectivity index (χ3n) is 2.64. The highest BCUT2D eigenvalue weighted by molar-refractivity contribution is 9.10. The average Bonchev–Trinajstić information content (AvgIpc) is 2.37. The summed E-state index contributed by atoms with van der Waals surface area (Å²) >= 11 is 15.0. The number of amides is 1. The molecule has 2 N–H and O–H groups in total. The fraction of sp³-hybridized carbons (Fsp3) is 0. The molecule has 1 amide bonds. The standard InChI is InChI=1S/C14H8BrCl2NO3/c15-7-1-3-10(14(20)21)12(5-7)18-13(19)9-4-2-8(16)6-11(9)17/h1-6H,(H,18,19)(H,20,21). The van der Waals surface area contributed by atoms with E-state index in [0.717, 1.165) is 0 Å². The molecule has 0 saturated carbocycles. The van der Waals surface area contributed by atoms with Gasteiger partial charge in [0.25, 0.3) is 5.91 Å². The molecule has 0 aliphatic carbocycles. The summed E-state index contributed by atoms with van der Waals surface area (Å²) in [6, 6.07) is 8.92. The van der Waals surface area contributed by atoms with Crippen molar-refractivity contribution < 1.29 is 14.7 Å². The molecule has 2 aromatic carbocycles. The first-order valence-electron chi connectivity index (χ1n) is 5.67. The van der Waals surface area contributed by atoms with Crippen LogP contribution in [0.5, 0.6) is 0 Å². The second-order valence-electron chi connectivity index (χ2n) is 4.07. The minimum atomic E-state index is -1.14. The zero-order chi connectivity index (χ0) is 15.6. The van der Waals surface area contributed by atoms with E-state index in [4.69, 9.17) is 28.3 Å². The van der Waals surface area contributed by atoms with Gasteiger partial charge in [-0.15, -0.1) is 0 Å². The minimum absolute atomic E-state index is 0.0170. The number of benzene rings is 2. The fourth-order valence-corrected chi connectivity index (χ4v) is 2.53. The van der Waals surface area contributed by atoms with E-state index in [-0.39, 0.29) is 21.8 Å². The number of anilines is 1. The van der Waals surface area contributed by atoms with Crippen LogP contribution in [0, 0.1) is 0 Å². The van der Waals surface area contributed by atoms with Crippen LogP contribution in [0.1, 0.15) is 20.7 Å². The van der Waals surface area contributed by atoms with Gasteiger partial charge in [0.1, 0.15) is 0 Å². The minimum Gasteiger partial charge on any atom is -0.478 e. The molecule has 0 aliphatic rings. The summed E-state index contributed by atoms with van der Waals surface area (Å²) in [7, 11) is 0. The van der Waals surface area contributed by atoms with Gasteiger partial charge >= 0.3 is 5.97 Å². The van der Waals surface area contributed by atoms with Crippen molar-refractivity contribution in [3.63, 3.8) is 0 Å². The summed E-state index contributed by atoms with van der Waals surface area (Å²) in [5.74, 6) is -1.66. The van der Waals surface area contributed by atoms with E-state index in [1.807, 2.05) is 0 Å². The fourth-order valence-electron chi connectivity index (χ4n) is 1.67. The van der Waals surface area contributed by atoms with Crippen LogP contribution in [0.2, 0.25) is 10.0 Å². The molecule has 7 heteroatoms. The molecule has 21 heavy (non-hydrogen) atoms. The number of aromatic carboxylic acids is 1. The molecule has 0 fully saturated rings. The summed E-state index contributed by atoms with van der Waals surface area (Å²) in [6.07, 6.45) is 0. The van der Waals surface area contributed by atoms with Crippen LogP contribution in [0.4, 0.5) is 5.69 Å². The average molecular weight is 389 g/mol. The van der Waals surface area contributed by atoms with Crippen molar-refractivity contribution in [1.82, 2.24) is 0 Å². The van der Waals surface area contributed by atoms with Gasteiger partial charge in [0.2, 0.25) is 0 Å². The lowest BCUT2D eigenvalue weighted by molar-refractivity contribution is 0.0698. The number of rotatable bonds is 3. The van der Waals surface area contributed by atoms with Gasteiger partial charge in [-0.3, -0.25) is 4.79 Å². The Morgan fingerprint density at radius 1 is 1.05 bits per heavy atom. The van der Waals surface area contributed by atoms with Gasteiger partial charge < -0.3 is 10.4 Å². The lowest BCUT2D eigenvalue weighted by Gasteiger charge is -2.10.